The maximum Gasteiger partial charge on any atom is 0.223 e. The summed E-state index contributed by atoms with van der Waals surface area (Å²) in [4.78, 5) is 17.1. The molecule has 0 radical (unpaired) electrons. The number of aromatic amines is 1. The summed E-state index contributed by atoms with van der Waals surface area (Å²) in [5, 5.41) is 1.23. The Hall–Kier alpha value is -2.03. The predicted octanol–water partition coefficient (Wildman–Crippen LogP) is 2.74. The largest absolute Gasteiger partial charge is 0.358 e. The number of carbonyl (C=O) groups is 1. The highest BCUT2D eigenvalue weighted by Gasteiger charge is 2.26. The Balaban J connectivity index is 1.66. The number of rotatable bonds is 4. The molecule has 3 rings (SSSR count). The molecule has 1 aliphatic heterocycles. The first-order chi connectivity index (χ1) is 9.26. The van der Waals surface area contributed by atoms with Crippen LogP contribution in [0, 0.1) is 5.92 Å². The van der Waals surface area contributed by atoms with Crippen LogP contribution in [0.5, 0.6) is 0 Å². The van der Waals surface area contributed by atoms with Gasteiger partial charge in [0.2, 0.25) is 5.91 Å². The first-order valence-electron chi connectivity index (χ1n) is 6.73. The predicted molar refractivity (Wildman–Crippen MR) is 76.9 cm³/mol. The summed E-state index contributed by atoms with van der Waals surface area (Å²) in [5.41, 5.74) is 2.35. The Morgan fingerprint density at radius 1 is 1.42 bits per heavy atom. The molecule has 1 saturated heterocycles. The Bertz CT molecular complexity index is 581. The van der Waals surface area contributed by atoms with Gasteiger partial charge in [0.25, 0.3) is 0 Å². The van der Waals surface area contributed by atoms with Crippen molar-refractivity contribution in [2.24, 2.45) is 5.92 Å². The van der Waals surface area contributed by atoms with Crippen LogP contribution in [0.15, 0.2) is 43.0 Å². The summed E-state index contributed by atoms with van der Waals surface area (Å²) in [7, 11) is 0. The molecule has 0 bridgehead atoms. The Morgan fingerprint density at radius 2 is 2.26 bits per heavy atom. The first-order valence-corrected chi connectivity index (χ1v) is 6.73. The smallest absolute Gasteiger partial charge is 0.223 e. The third kappa shape index (κ3) is 2.41. The van der Waals surface area contributed by atoms with Gasteiger partial charge in [-0.3, -0.25) is 4.79 Å². The van der Waals surface area contributed by atoms with Crippen molar-refractivity contribution in [1.82, 2.24) is 9.88 Å². The third-order valence-corrected chi connectivity index (χ3v) is 3.81. The number of nitrogens with one attached hydrogen (secondary N) is 1. The van der Waals surface area contributed by atoms with Gasteiger partial charge in [-0.05, 0) is 17.5 Å². The van der Waals surface area contributed by atoms with Crippen LogP contribution >= 0.6 is 0 Å². The maximum atomic E-state index is 11.8. The second kappa shape index (κ2) is 4.92. The van der Waals surface area contributed by atoms with E-state index in [1.165, 1.54) is 11.1 Å². The Labute approximate surface area is 112 Å². The number of hydrogen-bond acceptors (Lipinski definition) is 1. The number of hydrogen-bond donors (Lipinski definition) is 1. The average Bonchev–Trinajstić information content (AvgIpc) is 2.99. The van der Waals surface area contributed by atoms with Crippen molar-refractivity contribution in [2.75, 3.05) is 13.1 Å². The lowest BCUT2D eigenvalue weighted by Crippen LogP contribution is -2.27. The third-order valence-electron chi connectivity index (χ3n) is 3.81. The molecule has 19 heavy (non-hydrogen) atoms. The second-order valence-electron chi connectivity index (χ2n) is 5.17. The number of fused-ring (bicyclic) bond motifs is 1. The summed E-state index contributed by atoms with van der Waals surface area (Å²) in [6, 6.07) is 10.4. The van der Waals surface area contributed by atoms with Gasteiger partial charge in [0.1, 0.15) is 0 Å². The van der Waals surface area contributed by atoms with Gasteiger partial charge < -0.3 is 9.88 Å². The number of para-hydroxylation sites is 1. The van der Waals surface area contributed by atoms with Crippen LogP contribution in [-0.2, 0) is 11.2 Å². The minimum absolute atomic E-state index is 0.251. The van der Waals surface area contributed by atoms with Crippen LogP contribution in [0.1, 0.15) is 12.1 Å². The van der Waals surface area contributed by atoms with E-state index < -0.39 is 0 Å². The summed E-state index contributed by atoms with van der Waals surface area (Å²) in [5.74, 6) is 0.580. The topological polar surface area (TPSA) is 36.1 Å². The molecule has 1 fully saturated rings. The van der Waals surface area contributed by atoms with Crippen LogP contribution < -0.4 is 0 Å². The van der Waals surface area contributed by atoms with E-state index in [2.05, 4.69) is 29.8 Å². The quantitative estimate of drug-likeness (QED) is 0.837. The summed E-state index contributed by atoms with van der Waals surface area (Å²) in [6.07, 6.45) is 3.39. The highest BCUT2D eigenvalue weighted by molar-refractivity contribution is 5.80. The molecule has 2 aromatic rings. The molecule has 0 saturated carbocycles. The van der Waals surface area contributed by atoms with Gasteiger partial charge in [-0.2, -0.15) is 0 Å². The first kappa shape index (κ1) is 12.0. The van der Waals surface area contributed by atoms with E-state index in [0.717, 1.165) is 25.0 Å². The van der Waals surface area contributed by atoms with E-state index in [1.54, 1.807) is 0 Å². The normalized spacial score (nSPS) is 19.3. The highest BCUT2D eigenvalue weighted by atomic mass is 16.2. The van der Waals surface area contributed by atoms with E-state index >= 15 is 0 Å². The fourth-order valence-corrected chi connectivity index (χ4v) is 2.70. The molecule has 1 amide bonds. The minimum Gasteiger partial charge on any atom is -0.358 e. The number of aromatic nitrogens is 1. The maximum absolute atomic E-state index is 11.8. The molecular weight excluding hydrogens is 236 g/mol. The van der Waals surface area contributed by atoms with E-state index in [9.17, 15) is 4.79 Å². The zero-order chi connectivity index (χ0) is 13.2. The molecule has 3 heteroatoms. The summed E-state index contributed by atoms with van der Waals surface area (Å²) < 4.78 is 0. The minimum atomic E-state index is 0.251. The lowest BCUT2D eigenvalue weighted by atomic mass is 10.1. The molecule has 1 unspecified atom stereocenters. The van der Waals surface area contributed by atoms with Crippen LogP contribution in [-0.4, -0.2) is 28.9 Å². The highest BCUT2D eigenvalue weighted by Crippen LogP contribution is 2.20. The van der Waals surface area contributed by atoms with E-state index in [1.807, 2.05) is 23.1 Å². The number of nitrogens with zero attached hydrogens (tertiary/aromatic N) is 1. The molecule has 0 aliphatic carbocycles. The molecular formula is C16H18N2O. The SMILES string of the molecule is C=CC1CC(=O)N(CCc2cc3ccccc3[nH]2)C1. The summed E-state index contributed by atoms with van der Waals surface area (Å²) >= 11 is 0. The lowest BCUT2D eigenvalue weighted by molar-refractivity contribution is -0.127. The van der Waals surface area contributed by atoms with Gasteiger partial charge in [-0.15, -0.1) is 6.58 Å². The number of benzene rings is 1. The molecule has 3 nitrogen and oxygen atoms in total. The summed E-state index contributed by atoms with van der Waals surface area (Å²) in [6.45, 7) is 5.38. The lowest BCUT2D eigenvalue weighted by Gasteiger charge is -2.15. The average molecular weight is 254 g/mol. The monoisotopic (exact) mass is 254 g/mol. The van der Waals surface area contributed by atoms with Gasteiger partial charge in [0.15, 0.2) is 0 Å². The van der Waals surface area contributed by atoms with Gasteiger partial charge in [-0.25, -0.2) is 0 Å². The number of amides is 1. The van der Waals surface area contributed by atoms with Gasteiger partial charge in [-0.1, -0.05) is 24.3 Å². The van der Waals surface area contributed by atoms with Crippen molar-refractivity contribution in [1.29, 1.82) is 0 Å². The number of carbonyl (C=O) groups excluding carboxylic acids is 1. The van der Waals surface area contributed by atoms with Crippen LogP contribution in [0.4, 0.5) is 0 Å². The number of H-pyrrole nitrogens is 1. The molecule has 1 aromatic carbocycles. The van der Waals surface area contributed by atoms with E-state index in [0.29, 0.717) is 12.3 Å². The fourth-order valence-electron chi connectivity index (χ4n) is 2.70. The van der Waals surface area contributed by atoms with Crippen molar-refractivity contribution in [2.45, 2.75) is 12.8 Å². The van der Waals surface area contributed by atoms with E-state index in [4.69, 9.17) is 0 Å². The van der Waals surface area contributed by atoms with Gasteiger partial charge in [0, 0.05) is 43.1 Å². The zero-order valence-corrected chi connectivity index (χ0v) is 10.9. The molecule has 1 aliphatic rings. The second-order valence-corrected chi connectivity index (χ2v) is 5.17. The van der Waals surface area contributed by atoms with Crippen LogP contribution in [0.3, 0.4) is 0 Å². The number of likely N-dealkylation sites (tertiary alicyclic amines) is 1. The Morgan fingerprint density at radius 3 is 3.00 bits per heavy atom. The van der Waals surface area contributed by atoms with Crippen LogP contribution in [0.25, 0.3) is 10.9 Å². The molecule has 2 heterocycles. The van der Waals surface area contributed by atoms with Crippen molar-refractivity contribution in [3.8, 4) is 0 Å². The fraction of sp³-hybridized carbons (Fsp3) is 0.312. The van der Waals surface area contributed by atoms with Crippen molar-refractivity contribution >= 4 is 16.8 Å². The van der Waals surface area contributed by atoms with Gasteiger partial charge in [0.05, 0.1) is 0 Å². The molecule has 0 spiro atoms. The van der Waals surface area contributed by atoms with E-state index in [-0.39, 0.29) is 5.91 Å². The molecule has 1 atom stereocenters. The Kier molecular flexibility index (Phi) is 3.11. The van der Waals surface area contributed by atoms with Crippen molar-refractivity contribution < 1.29 is 4.79 Å². The van der Waals surface area contributed by atoms with Crippen molar-refractivity contribution in [3.63, 3.8) is 0 Å². The van der Waals surface area contributed by atoms with Gasteiger partial charge >= 0.3 is 0 Å². The molecule has 1 N–H and O–H groups in total. The zero-order valence-electron chi connectivity index (χ0n) is 10.9. The molecule has 1 aromatic heterocycles. The van der Waals surface area contributed by atoms with Crippen LogP contribution in [0.2, 0.25) is 0 Å². The molecule has 98 valence electrons. The van der Waals surface area contributed by atoms with Crippen molar-refractivity contribution in [3.05, 3.63) is 48.7 Å². The standard InChI is InChI=1S/C16H18N2O/c1-2-12-9-16(19)18(11-12)8-7-14-10-13-5-3-4-6-15(13)17-14/h2-6,10,12,17H,1,7-9,11H2.